The molecule has 0 aliphatic heterocycles. The average molecular weight is 498 g/mol. The number of hydrogen-bond acceptors (Lipinski definition) is 5. The smallest absolute Gasteiger partial charge is 0.358 e. The number of nitrogens with zero attached hydrogens (tertiary/aromatic N) is 2. The first-order valence-corrected chi connectivity index (χ1v) is 13.9. The lowest BCUT2D eigenvalue weighted by molar-refractivity contribution is 0.0519. The molecule has 1 heterocycles. The molecule has 1 aliphatic carbocycles. The van der Waals surface area contributed by atoms with E-state index in [4.69, 9.17) is 4.74 Å². The van der Waals surface area contributed by atoms with Crippen LogP contribution in [0.15, 0.2) is 47.4 Å². The van der Waals surface area contributed by atoms with E-state index in [0.29, 0.717) is 11.3 Å². The topological polar surface area (TPSA) is 90.3 Å². The lowest BCUT2D eigenvalue weighted by atomic mass is 9.86. The van der Waals surface area contributed by atoms with E-state index in [1.807, 2.05) is 51.1 Å². The molecule has 1 saturated carbocycles. The normalized spacial score (nSPS) is 15.4. The summed E-state index contributed by atoms with van der Waals surface area (Å²) in [7, 11) is -3.75. The zero-order valence-electron chi connectivity index (χ0n) is 21.0. The fraction of sp³-hybridized carbons (Fsp3) is 0.481. The van der Waals surface area contributed by atoms with Crippen molar-refractivity contribution in [2.45, 2.75) is 76.7 Å². The third kappa shape index (κ3) is 5.76. The van der Waals surface area contributed by atoms with E-state index >= 15 is 0 Å². The minimum atomic E-state index is -3.75. The SMILES string of the molecule is CCOC(=O)c1cc(CC2CCCCC2)n(-c2ccc(S(=O)(=O)NC(C)(C)C)c3ccccc23)n1. The molecule has 4 rings (SSSR count). The summed E-state index contributed by atoms with van der Waals surface area (Å²) in [6.45, 7) is 7.51. The number of ether oxygens (including phenoxy) is 1. The van der Waals surface area contributed by atoms with Gasteiger partial charge in [-0.25, -0.2) is 22.6 Å². The molecule has 0 bridgehead atoms. The Morgan fingerprint density at radius 2 is 1.77 bits per heavy atom. The van der Waals surface area contributed by atoms with E-state index in [9.17, 15) is 13.2 Å². The van der Waals surface area contributed by atoms with Gasteiger partial charge in [0.2, 0.25) is 10.0 Å². The highest BCUT2D eigenvalue weighted by atomic mass is 32.2. The summed E-state index contributed by atoms with van der Waals surface area (Å²) in [6.07, 6.45) is 6.85. The number of carbonyl (C=O) groups is 1. The van der Waals surface area contributed by atoms with Gasteiger partial charge in [0.15, 0.2) is 5.69 Å². The lowest BCUT2D eigenvalue weighted by Gasteiger charge is -2.23. The highest BCUT2D eigenvalue weighted by Crippen LogP contribution is 2.32. The van der Waals surface area contributed by atoms with Gasteiger partial charge in [-0.3, -0.25) is 0 Å². The summed E-state index contributed by atoms with van der Waals surface area (Å²) in [6, 6.07) is 12.7. The van der Waals surface area contributed by atoms with Crippen LogP contribution in [-0.2, 0) is 21.2 Å². The number of hydrogen-bond donors (Lipinski definition) is 1. The number of sulfonamides is 1. The summed E-state index contributed by atoms with van der Waals surface area (Å²) in [4.78, 5) is 12.8. The molecule has 0 saturated heterocycles. The van der Waals surface area contributed by atoms with Crippen molar-refractivity contribution in [3.63, 3.8) is 0 Å². The Bertz CT molecular complexity index is 1320. The minimum Gasteiger partial charge on any atom is -0.461 e. The molecule has 1 aliphatic rings. The second kappa shape index (κ2) is 10.1. The predicted octanol–water partition coefficient (Wildman–Crippen LogP) is 5.40. The van der Waals surface area contributed by atoms with E-state index in [0.717, 1.165) is 36.0 Å². The second-order valence-corrected chi connectivity index (χ2v) is 12.0. The molecule has 35 heavy (non-hydrogen) atoms. The van der Waals surface area contributed by atoms with E-state index in [1.54, 1.807) is 23.7 Å². The molecule has 1 aromatic heterocycles. The van der Waals surface area contributed by atoms with Crippen molar-refractivity contribution in [2.75, 3.05) is 6.61 Å². The summed E-state index contributed by atoms with van der Waals surface area (Å²) < 4.78 is 36.2. The van der Waals surface area contributed by atoms with Crippen molar-refractivity contribution >= 4 is 26.8 Å². The van der Waals surface area contributed by atoms with Gasteiger partial charge >= 0.3 is 5.97 Å². The molecule has 7 nitrogen and oxygen atoms in total. The summed E-state index contributed by atoms with van der Waals surface area (Å²) in [5.74, 6) is 0.0881. The number of fused-ring (bicyclic) bond motifs is 1. The average Bonchev–Trinajstić information content (AvgIpc) is 3.21. The van der Waals surface area contributed by atoms with Crippen molar-refractivity contribution in [1.82, 2.24) is 14.5 Å². The van der Waals surface area contributed by atoms with Gasteiger partial charge in [-0.2, -0.15) is 5.10 Å². The van der Waals surface area contributed by atoms with Crippen LogP contribution in [0.1, 0.15) is 76.0 Å². The quantitative estimate of drug-likeness (QED) is 0.441. The van der Waals surface area contributed by atoms with Crippen LogP contribution in [0, 0.1) is 5.92 Å². The predicted molar refractivity (Wildman–Crippen MR) is 137 cm³/mol. The fourth-order valence-electron chi connectivity index (χ4n) is 4.90. The van der Waals surface area contributed by atoms with Crippen molar-refractivity contribution in [2.24, 2.45) is 5.92 Å². The van der Waals surface area contributed by atoms with Crippen molar-refractivity contribution in [3.8, 4) is 5.69 Å². The van der Waals surface area contributed by atoms with Crippen molar-refractivity contribution in [1.29, 1.82) is 0 Å². The molecule has 0 amide bonds. The molecular weight excluding hydrogens is 462 g/mol. The number of nitrogens with one attached hydrogen (secondary N) is 1. The van der Waals surface area contributed by atoms with Gasteiger partial charge in [0.05, 0.1) is 17.2 Å². The van der Waals surface area contributed by atoms with E-state index in [2.05, 4.69) is 9.82 Å². The Kier molecular flexibility index (Phi) is 7.33. The lowest BCUT2D eigenvalue weighted by Crippen LogP contribution is -2.40. The van der Waals surface area contributed by atoms with Gasteiger partial charge in [-0.1, -0.05) is 56.4 Å². The Balaban J connectivity index is 1.84. The number of aromatic nitrogens is 2. The van der Waals surface area contributed by atoms with E-state index in [-0.39, 0.29) is 17.2 Å². The molecule has 1 N–H and O–H groups in total. The molecule has 1 fully saturated rings. The standard InChI is InChI=1S/C27H35N3O4S/c1-5-34-26(31)23-18-20(17-19-11-7-6-8-12-19)30(28-23)24-15-16-25(22-14-10-9-13-21(22)24)35(32,33)29-27(2,3)4/h9-10,13-16,18-19,29H,5-8,11-12,17H2,1-4H3. The molecule has 0 unspecified atom stereocenters. The summed E-state index contributed by atoms with van der Waals surface area (Å²) in [5, 5.41) is 6.01. The Morgan fingerprint density at radius 3 is 2.43 bits per heavy atom. The molecule has 0 spiro atoms. The first-order valence-electron chi connectivity index (χ1n) is 12.4. The van der Waals surface area contributed by atoms with Crippen LogP contribution in [0.2, 0.25) is 0 Å². The number of rotatable bonds is 7. The van der Waals surface area contributed by atoms with Crippen LogP contribution >= 0.6 is 0 Å². The van der Waals surface area contributed by atoms with Crippen LogP contribution in [-0.4, -0.2) is 36.3 Å². The molecule has 8 heteroatoms. The maximum absolute atomic E-state index is 13.2. The van der Waals surface area contributed by atoms with Crippen LogP contribution in [0.3, 0.4) is 0 Å². The van der Waals surface area contributed by atoms with Gasteiger partial charge in [-0.05, 0) is 58.2 Å². The van der Waals surface area contributed by atoms with Crippen LogP contribution in [0.4, 0.5) is 0 Å². The van der Waals surface area contributed by atoms with Gasteiger partial charge in [0.25, 0.3) is 0 Å². The van der Waals surface area contributed by atoms with E-state index in [1.165, 1.54) is 19.3 Å². The third-order valence-electron chi connectivity index (χ3n) is 6.31. The molecule has 2 aromatic carbocycles. The summed E-state index contributed by atoms with van der Waals surface area (Å²) >= 11 is 0. The number of carbonyl (C=O) groups excluding carboxylic acids is 1. The largest absolute Gasteiger partial charge is 0.461 e. The van der Waals surface area contributed by atoms with Gasteiger partial charge in [0.1, 0.15) is 0 Å². The molecule has 3 aromatic rings. The maximum atomic E-state index is 13.2. The molecule has 0 atom stereocenters. The number of benzene rings is 2. The van der Waals surface area contributed by atoms with Crippen molar-refractivity contribution in [3.05, 3.63) is 53.9 Å². The highest BCUT2D eigenvalue weighted by Gasteiger charge is 2.26. The van der Waals surface area contributed by atoms with Gasteiger partial charge < -0.3 is 4.74 Å². The maximum Gasteiger partial charge on any atom is 0.358 e. The number of esters is 1. The molecule has 188 valence electrons. The minimum absolute atomic E-state index is 0.221. The van der Waals surface area contributed by atoms with Crippen LogP contribution in [0.5, 0.6) is 0 Å². The van der Waals surface area contributed by atoms with Gasteiger partial charge in [-0.15, -0.1) is 0 Å². The second-order valence-electron chi connectivity index (χ2n) is 10.3. The Morgan fingerprint density at radius 1 is 1.09 bits per heavy atom. The molecule has 0 radical (unpaired) electrons. The third-order valence-corrected chi connectivity index (χ3v) is 8.13. The van der Waals surface area contributed by atoms with Crippen molar-refractivity contribution < 1.29 is 17.9 Å². The fourth-order valence-corrected chi connectivity index (χ4v) is 6.53. The van der Waals surface area contributed by atoms with Gasteiger partial charge in [0, 0.05) is 22.0 Å². The first-order chi connectivity index (χ1) is 16.6. The molecular formula is C27H35N3O4S. The van der Waals surface area contributed by atoms with E-state index < -0.39 is 21.5 Å². The monoisotopic (exact) mass is 497 g/mol. The highest BCUT2D eigenvalue weighted by molar-refractivity contribution is 7.89. The first kappa shape index (κ1) is 25.4. The zero-order chi connectivity index (χ0) is 25.2. The van der Waals surface area contributed by atoms with Crippen LogP contribution < -0.4 is 4.72 Å². The zero-order valence-corrected chi connectivity index (χ0v) is 21.8. The Hall–Kier alpha value is -2.71. The summed E-state index contributed by atoms with van der Waals surface area (Å²) in [5.41, 5.74) is 1.35. The van der Waals surface area contributed by atoms with Crippen LogP contribution in [0.25, 0.3) is 16.5 Å². The Labute approximate surface area is 207 Å².